The van der Waals surface area contributed by atoms with Crippen LogP contribution in [0.1, 0.15) is 24.9 Å². The van der Waals surface area contributed by atoms with E-state index in [1.165, 1.54) is 6.07 Å². The van der Waals surface area contributed by atoms with E-state index in [1.54, 1.807) is 0 Å². The third kappa shape index (κ3) is 1.26. The first kappa shape index (κ1) is 9.40. The average molecular weight is 199 g/mol. The van der Waals surface area contributed by atoms with Gasteiger partial charge in [0.15, 0.2) is 11.6 Å². The Morgan fingerprint density at radius 2 is 2.14 bits per heavy atom. The molecule has 14 heavy (non-hydrogen) atoms. The van der Waals surface area contributed by atoms with Gasteiger partial charge < -0.3 is 10.5 Å². The Morgan fingerprint density at radius 3 is 2.79 bits per heavy atom. The molecule has 2 nitrogen and oxygen atoms in total. The molecule has 2 N–H and O–H groups in total. The zero-order chi connectivity index (χ0) is 10.3. The van der Waals surface area contributed by atoms with Crippen molar-refractivity contribution >= 4 is 0 Å². The van der Waals surface area contributed by atoms with E-state index in [1.807, 2.05) is 6.92 Å². The Labute approximate surface area is 80.7 Å². The van der Waals surface area contributed by atoms with Gasteiger partial charge in [-0.05, 0) is 12.5 Å². The van der Waals surface area contributed by atoms with E-state index in [-0.39, 0.29) is 11.9 Å². The number of ether oxygens (including phenoxy) is 1. The third-order valence-electron chi connectivity index (χ3n) is 2.47. The smallest absolute Gasteiger partial charge is 0.168 e. The second-order valence-corrected chi connectivity index (χ2v) is 3.40. The summed E-state index contributed by atoms with van der Waals surface area (Å²) in [4.78, 5) is 0. The molecule has 0 saturated heterocycles. The van der Waals surface area contributed by atoms with Gasteiger partial charge >= 0.3 is 0 Å². The molecule has 0 saturated carbocycles. The summed E-state index contributed by atoms with van der Waals surface area (Å²) >= 11 is 0. The molecule has 1 heterocycles. The molecule has 0 bridgehead atoms. The third-order valence-corrected chi connectivity index (χ3v) is 2.47. The molecular formula is C10H11F2NO. The van der Waals surface area contributed by atoms with Crippen molar-refractivity contribution in [1.82, 2.24) is 0 Å². The molecule has 76 valence electrons. The van der Waals surface area contributed by atoms with Crippen molar-refractivity contribution in [3.63, 3.8) is 0 Å². The number of halogens is 2. The SMILES string of the molecule is CCC1Oc2c(F)cc(F)cc2C1N. The van der Waals surface area contributed by atoms with Crippen molar-refractivity contribution in [3.05, 3.63) is 29.3 Å². The minimum absolute atomic E-state index is 0.103. The predicted octanol–water partition coefficient (Wildman–Crippen LogP) is 2.14. The highest BCUT2D eigenvalue weighted by molar-refractivity contribution is 5.42. The maximum absolute atomic E-state index is 13.2. The van der Waals surface area contributed by atoms with Gasteiger partial charge in [0.1, 0.15) is 11.9 Å². The highest BCUT2D eigenvalue weighted by Gasteiger charge is 2.33. The lowest BCUT2D eigenvalue weighted by atomic mass is 10.0. The fourth-order valence-electron chi connectivity index (χ4n) is 1.71. The molecule has 1 aromatic carbocycles. The van der Waals surface area contributed by atoms with Crippen molar-refractivity contribution in [2.75, 3.05) is 0 Å². The first-order chi connectivity index (χ1) is 6.63. The van der Waals surface area contributed by atoms with Crippen LogP contribution in [0.15, 0.2) is 12.1 Å². The molecule has 2 rings (SSSR count). The van der Waals surface area contributed by atoms with Crippen molar-refractivity contribution in [1.29, 1.82) is 0 Å². The molecule has 0 aromatic heterocycles. The van der Waals surface area contributed by atoms with Crippen LogP contribution in [0.3, 0.4) is 0 Å². The Bertz CT molecular complexity index is 367. The summed E-state index contributed by atoms with van der Waals surface area (Å²) in [5.41, 5.74) is 6.21. The molecule has 1 aliphatic heterocycles. The summed E-state index contributed by atoms with van der Waals surface area (Å²) in [6.45, 7) is 1.89. The van der Waals surface area contributed by atoms with Crippen molar-refractivity contribution < 1.29 is 13.5 Å². The summed E-state index contributed by atoms with van der Waals surface area (Å²) in [5.74, 6) is -1.19. The maximum Gasteiger partial charge on any atom is 0.168 e. The summed E-state index contributed by atoms with van der Waals surface area (Å²) in [7, 11) is 0. The molecule has 0 radical (unpaired) electrons. The first-order valence-electron chi connectivity index (χ1n) is 4.54. The van der Waals surface area contributed by atoms with Gasteiger partial charge in [-0.3, -0.25) is 0 Å². The van der Waals surface area contributed by atoms with E-state index in [9.17, 15) is 8.78 Å². The summed E-state index contributed by atoms with van der Waals surface area (Å²) < 4.78 is 31.4. The molecule has 0 aliphatic carbocycles. The Balaban J connectivity index is 2.48. The van der Waals surface area contributed by atoms with E-state index in [2.05, 4.69) is 0 Å². The first-order valence-corrected chi connectivity index (χ1v) is 4.54. The van der Waals surface area contributed by atoms with Gasteiger partial charge in [-0.15, -0.1) is 0 Å². The van der Waals surface area contributed by atoms with Gasteiger partial charge in [0, 0.05) is 11.6 Å². The number of hydrogen-bond acceptors (Lipinski definition) is 2. The monoisotopic (exact) mass is 199 g/mol. The van der Waals surface area contributed by atoms with Crippen molar-refractivity contribution in [2.24, 2.45) is 5.73 Å². The van der Waals surface area contributed by atoms with Gasteiger partial charge in [0.2, 0.25) is 0 Å². The Morgan fingerprint density at radius 1 is 1.43 bits per heavy atom. The van der Waals surface area contributed by atoms with Crippen molar-refractivity contribution in [3.8, 4) is 5.75 Å². The molecule has 4 heteroatoms. The number of hydrogen-bond donors (Lipinski definition) is 1. The molecule has 0 fully saturated rings. The van der Waals surface area contributed by atoms with Gasteiger partial charge in [0.25, 0.3) is 0 Å². The molecule has 2 atom stereocenters. The van der Waals surface area contributed by atoms with Crippen LogP contribution in [-0.2, 0) is 0 Å². The van der Waals surface area contributed by atoms with Crippen LogP contribution < -0.4 is 10.5 Å². The summed E-state index contributed by atoms with van der Waals surface area (Å²) in [6, 6.07) is 1.61. The number of benzene rings is 1. The van der Waals surface area contributed by atoms with Crippen LogP contribution in [0, 0.1) is 11.6 Å². The van der Waals surface area contributed by atoms with Gasteiger partial charge in [-0.25, -0.2) is 8.78 Å². The zero-order valence-electron chi connectivity index (χ0n) is 7.76. The fourth-order valence-corrected chi connectivity index (χ4v) is 1.71. The lowest BCUT2D eigenvalue weighted by Crippen LogP contribution is -2.24. The maximum atomic E-state index is 13.2. The topological polar surface area (TPSA) is 35.2 Å². The van der Waals surface area contributed by atoms with Crippen molar-refractivity contribution in [2.45, 2.75) is 25.5 Å². The van der Waals surface area contributed by atoms with Gasteiger partial charge in [-0.1, -0.05) is 6.92 Å². The zero-order valence-corrected chi connectivity index (χ0v) is 7.76. The fraction of sp³-hybridized carbons (Fsp3) is 0.400. The largest absolute Gasteiger partial charge is 0.485 e. The minimum Gasteiger partial charge on any atom is -0.485 e. The van der Waals surface area contributed by atoms with E-state index in [0.29, 0.717) is 12.0 Å². The van der Waals surface area contributed by atoms with Crippen LogP contribution >= 0.6 is 0 Å². The van der Waals surface area contributed by atoms with Crippen LogP contribution in [0.5, 0.6) is 5.75 Å². The predicted molar refractivity (Wildman–Crippen MR) is 48.0 cm³/mol. The highest BCUT2D eigenvalue weighted by Crippen LogP contribution is 2.38. The quantitative estimate of drug-likeness (QED) is 0.752. The normalized spacial score (nSPS) is 24.6. The lowest BCUT2D eigenvalue weighted by molar-refractivity contribution is 0.196. The molecule has 2 unspecified atom stereocenters. The Kier molecular flexibility index (Phi) is 2.15. The van der Waals surface area contributed by atoms with Gasteiger partial charge in [0.05, 0.1) is 6.04 Å². The minimum atomic E-state index is -0.675. The van der Waals surface area contributed by atoms with Crippen LogP contribution in [0.25, 0.3) is 0 Å². The lowest BCUT2D eigenvalue weighted by Gasteiger charge is -2.11. The summed E-state index contributed by atoms with van der Waals surface area (Å²) in [5, 5.41) is 0. The van der Waals surface area contributed by atoms with Crippen LogP contribution in [0.4, 0.5) is 8.78 Å². The number of rotatable bonds is 1. The average Bonchev–Trinajstić information content (AvgIpc) is 2.44. The van der Waals surface area contributed by atoms with Crippen LogP contribution in [0.2, 0.25) is 0 Å². The molecule has 0 amide bonds. The molecule has 1 aliphatic rings. The van der Waals surface area contributed by atoms with Gasteiger partial charge in [-0.2, -0.15) is 0 Å². The molecule has 0 spiro atoms. The second kappa shape index (κ2) is 3.20. The Hall–Kier alpha value is -1.16. The van der Waals surface area contributed by atoms with E-state index < -0.39 is 17.7 Å². The highest BCUT2D eigenvalue weighted by atomic mass is 19.1. The second-order valence-electron chi connectivity index (χ2n) is 3.40. The summed E-state index contributed by atoms with van der Waals surface area (Å²) in [6.07, 6.45) is 0.429. The number of nitrogens with two attached hydrogens (primary N) is 1. The van der Waals surface area contributed by atoms with Crippen LogP contribution in [-0.4, -0.2) is 6.10 Å². The molecule has 1 aromatic rings. The number of fused-ring (bicyclic) bond motifs is 1. The standard InChI is InChI=1S/C10H11F2NO/c1-2-8-9(13)6-3-5(11)4-7(12)10(6)14-8/h3-4,8-9H,2,13H2,1H3. The molecular weight excluding hydrogens is 188 g/mol. The van der Waals surface area contributed by atoms with E-state index in [4.69, 9.17) is 10.5 Å². The van der Waals surface area contributed by atoms with E-state index in [0.717, 1.165) is 6.07 Å². The van der Waals surface area contributed by atoms with E-state index >= 15 is 0 Å².